The van der Waals surface area contributed by atoms with E-state index >= 15 is 0 Å². The molecule has 2 aromatic rings. The van der Waals surface area contributed by atoms with E-state index in [4.69, 9.17) is 34.8 Å². The number of sulfonamides is 1. The second kappa shape index (κ2) is 6.29. The van der Waals surface area contributed by atoms with Crippen molar-refractivity contribution < 1.29 is 13.3 Å². The van der Waals surface area contributed by atoms with E-state index in [1.165, 1.54) is 30.3 Å². The molecule has 2 aromatic carbocycles. The van der Waals surface area contributed by atoms with Gasteiger partial charge in [-0.15, -0.1) is 0 Å². The summed E-state index contributed by atoms with van der Waals surface area (Å²) >= 11 is 17.4. The lowest BCUT2D eigenvalue weighted by Gasteiger charge is -2.10. The zero-order valence-electron chi connectivity index (χ0n) is 10.6. The third-order valence-electron chi connectivity index (χ3n) is 2.59. The second-order valence-corrected chi connectivity index (χ2v) is 6.98. The molecule has 0 atom stereocenters. The Hall–Kier alpha value is -1.54. The number of hydrogen-bond donors (Lipinski definition) is 1. The van der Waals surface area contributed by atoms with Crippen LogP contribution in [-0.4, -0.2) is 13.3 Å². The number of halogens is 3. The molecule has 1 N–H and O–H groups in total. The molecule has 0 bridgehead atoms. The third-order valence-corrected chi connectivity index (χ3v) is 5.16. The maximum Gasteiger partial charge on any atom is 0.269 e. The first-order valence-electron chi connectivity index (χ1n) is 5.62. The van der Waals surface area contributed by atoms with Crippen LogP contribution in [0.4, 0.5) is 11.4 Å². The normalized spacial score (nSPS) is 11.2. The van der Waals surface area contributed by atoms with Crippen LogP contribution in [0.2, 0.25) is 15.1 Å². The van der Waals surface area contributed by atoms with Gasteiger partial charge >= 0.3 is 0 Å². The summed E-state index contributed by atoms with van der Waals surface area (Å²) in [6.07, 6.45) is 0. The Bertz CT molecular complexity index is 838. The van der Waals surface area contributed by atoms with Gasteiger partial charge < -0.3 is 0 Å². The molecule has 0 unspecified atom stereocenters. The highest BCUT2D eigenvalue weighted by Crippen LogP contribution is 2.32. The number of benzene rings is 2. The molecule has 116 valence electrons. The molecule has 0 fully saturated rings. The van der Waals surface area contributed by atoms with Gasteiger partial charge in [0.2, 0.25) is 0 Å². The summed E-state index contributed by atoms with van der Waals surface area (Å²) in [6, 6.07) is 7.22. The van der Waals surface area contributed by atoms with Gasteiger partial charge in [0.1, 0.15) is 4.90 Å². The van der Waals surface area contributed by atoms with E-state index in [9.17, 15) is 18.5 Å². The van der Waals surface area contributed by atoms with Crippen LogP contribution in [0.1, 0.15) is 0 Å². The van der Waals surface area contributed by atoms with Gasteiger partial charge in [0.05, 0.1) is 20.0 Å². The number of anilines is 1. The minimum absolute atomic E-state index is 0.0372. The van der Waals surface area contributed by atoms with Crippen molar-refractivity contribution in [3.63, 3.8) is 0 Å². The molecule has 0 aliphatic rings. The molecule has 22 heavy (non-hydrogen) atoms. The molecule has 2 rings (SSSR count). The van der Waals surface area contributed by atoms with Crippen LogP contribution in [0.15, 0.2) is 41.3 Å². The molecule has 0 radical (unpaired) electrons. The Morgan fingerprint density at radius 2 is 1.50 bits per heavy atom. The monoisotopic (exact) mass is 380 g/mol. The van der Waals surface area contributed by atoms with Crippen molar-refractivity contribution >= 4 is 56.2 Å². The first-order chi connectivity index (χ1) is 10.2. The molecular formula is C12H7Cl3N2O4S. The molecule has 0 saturated heterocycles. The standard InChI is InChI=1S/C12H7Cl3N2O4S/c13-9-5-11(15)12(6-10(9)14)22(20,21)16-7-1-3-8(4-2-7)17(18)19/h1-6,16H. The van der Waals surface area contributed by atoms with Gasteiger partial charge in [-0.25, -0.2) is 8.42 Å². The highest BCUT2D eigenvalue weighted by atomic mass is 35.5. The smallest absolute Gasteiger partial charge is 0.269 e. The van der Waals surface area contributed by atoms with Crippen molar-refractivity contribution in [2.24, 2.45) is 0 Å². The summed E-state index contributed by atoms with van der Waals surface area (Å²) in [7, 11) is -4.01. The predicted molar refractivity (Wildman–Crippen MR) is 85.4 cm³/mol. The number of nitrogens with zero attached hydrogens (tertiary/aromatic N) is 1. The zero-order chi connectivity index (χ0) is 16.5. The van der Waals surface area contributed by atoms with Crippen LogP contribution in [-0.2, 0) is 10.0 Å². The van der Waals surface area contributed by atoms with Gasteiger partial charge in [0.25, 0.3) is 15.7 Å². The number of rotatable bonds is 4. The molecule has 0 aliphatic heterocycles. The van der Waals surface area contributed by atoms with E-state index in [0.29, 0.717) is 0 Å². The summed E-state index contributed by atoms with van der Waals surface area (Å²) < 4.78 is 26.8. The fourth-order valence-electron chi connectivity index (χ4n) is 1.57. The van der Waals surface area contributed by atoms with Gasteiger partial charge in [-0.3, -0.25) is 14.8 Å². The lowest BCUT2D eigenvalue weighted by Crippen LogP contribution is -2.13. The Morgan fingerprint density at radius 1 is 0.955 bits per heavy atom. The predicted octanol–water partition coefficient (Wildman–Crippen LogP) is 4.36. The van der Waals surface area contributed by atoms with Gasteiger partial charge in [0, 0.05) is 17.8 Å². The van der Waals surface area contributed by atoms with Gasteiger partial charge in [0.15, 0.2) is 0 Å². The van der Waals surface area contributed by atoms with Crippen LogP contribution < -0.4 is 4.72 Å². The van der Waals surface area contributed by atoms with Crippen LogP contribution in [0.25, 0.3) is 0 Å². The molecule has 10 heteroatoms. The fourth-order valence-corrected chi connectivity index (χ4v) is 3.63. The molecule has 0 amide bonds. The lowest BCUT2D eigenvalue weighted by molar-refractivity contribution is -0.384. The van der Waals surface area contributed by atoms with Gasteiger partial charge in [-0.05, 0) is 24.3 Å². The van der Waals surface area contributed by atoms with E-state index in [1.807, 2.05) is 0 Å². The molecule has 0 aromatic heterocycles. The Kier molecular flexibility index (Phi) is 4.81. The molecule has 0 spiro atoms. The summed E-state index contributed by atoms with van der Waals surface area (Å²) in [6.45, 7) is 0. The quantitative estimate of drug-likeness (QED) is 0.484. The Balaban J connectivity index is 2.35. The van der Waals surface area contributed by atoms with Gasteiger partial charge in [-0.2, -0.15) is 0 Å². The maximum atomic E-state index is 12.3. The minimum atomic E-state index is -4.01. The summed E-state index contributed by atoms with van der Waals surface area (Å²) in [5.41, 5.74) is -0.0109. The number of nitro groups is 1. The van der Waals surface area contributed by atoms with Crippen molar-refractivity contribution in [2.45, 2.75) is 4.90 Å². The summed E-state index contributed by atoms with van der Waals surface area (Å²) in [5.74, 6) is 0. The van der Waals surface area contributed by atoms with Crippen molar-refractivity contribution in [1.29, 1.82) is 0 Å². The second-order valence-electron chi connectivity index (χ2n) is 4.11. The fraction of sp³-hybridized carbons (Fsp3) is 0. The number of nitrogens with one attached hydrogen (secondary N) is 1. The van der Waals surface area contributed by atoms with Crippen LogP contribution in [0.3, 0.4) is 0 Å². The molecule has 6 nitrogen and oxygen atoms in total. The molecule has 0 heterocycles. The minimum Gasteiger partial charge on any atom is -0.280 e. The summed E-state index contributed by atoms with van der Waals surface area (Å²) in [5, 5.41) is 10.6. The first kappa shape index (κ1) is 16.8. The van der Waals surface area contributed by atoms with Crippen molar-refractivity contribution in [2.75, 3.05) is 4.72 Å². The van der Waals surface area contributed by atoms with E-state index < -0.39 is 14.9 Å². The average Bonchev–Trinajstić information content (AvgIpc) is 2.42. The maximum absolute atomic E-state index is 12.3. The van der Waals surface area contributed by atoms with E-state index in [2.05, 4.69) is 4.72 Å². The molecule has 0 aliphatic carbocycles. The zero-order valence-corrected chi connectivity index (χ0v) is 13.7. The van der Waals surface area contributed by atoms with Crippen molar-refractivity contribution in [1.82, 2.24) is 0 Å². The largest absolute Gasteiger partial charge is 0.280 e. The van der Waals surface area contributed by atoms with E-state index in [0.717, 1.165) is 6.07 Å². The molecule has 0 saturated carbocycles. The Morgan fingerprint density at radius 3 is 2.05 bits per heavy atom. The summed E-state index contributed by atoms with van der Waals surface area (Å²) in [4.78, 5) is 9.72. The average molecular weight is 382 g/mol. The van der Waals surface area contributed by atoms with E-state index in [-0.39, 0.29) is 31.3 Å². The van der Waals surface area contributed by atoms with Gasteiger partial charge in [-0.1, -0.05) is 34.8 Å². The van der Waals surface area contributed by atoms with Crippen LogP contribution in [0, 0.1) is 10.1 Å². The third kappa shape index (κ3) is 3.61. The van der Waals surface area contributed by atoms with E-state index in [1.54, 1.807) is 0 Å². The van der Waals surface area contributed by atoms with Crippen LogP contribution >= 0.6 is 34.8 Å². The number of hydrogen-bond acceptors (Lipinski definition) is 4. The van der Waals surface area contributed by atoms with Crippen molar-refractivity contribution in [3.8, 4) is 0 Å². The first-order valence-corrected chi connectivity index (χ1v) is 8.24. The van der Waals surface area contributed by atoms with Crippen LogP contribution in [0.5, 0.6) is 0 Å². The topological polar surface area (TPSA) is 89.3 Å². The number of nitro benzene ring substituents is 1. The number of non-ortho nitro benzene ring substituents is 1. The Labute approximate surface area is 140 Å². The highest BCUT2D eigenvalue weighted by molar-refractivity contribution is 7.92. The highest BCUT2D eigenvalue weighted by Gasteiger charge is 2.20. The SMILES string of the molecule is O=[N+]([O-])c1ccc(NS(=O)(=O)c2cc(Cl)c(Cl)cc2Cl)cc1. The molecular weight excluding hydrogens is 375 g/mol. The van der Waals surface area contributed by atoms with Crippen molar-refractivity contribution in [3.05, 3.63) is 61.6 Å². The lowest BCUT2D eigenvalue weighted by atomic mass is 10.3.